The normalized spacial score (nSPS) is 12.0. The van der Waals surface area contributed by atoms with Gasteiger partial charge in [-0.25, -0.2) is 4.98 Å². The van der Waals surface area contributed by atoms with Crippen LogP contribution in [0.1, 0.15) is 5.69 Å². The summed E-state index contributed by atoms with van der Waals surface area (Å²) >= 11 is 0. The second-order valence-corrected chi connectivity index (χ2v) is 2.46. The van der Waals surface area contributed by atoms with Gasteiger partial charge in [0.05, 0.1) is 12.0 Å². The number of aryl methyl sites for hydroxylation is 1. The highest BCUT2D eigenvalue weighted by atomic mass is 19.4. The fraction of sp³-hybridized carbons (Fsp3) is 0.500. The second kappa shape index (κ2) is 2.69. The molecule has 0 aliphatic heterocycles. The lowest BCUT2D eigenvalue weighted by Gasteiger charge is -2.08. The number of nitrogen functional groups attached to an aromatic ring is 1. The molecule has 1 heterocycles. The summed E-state index contributed by atoms with van der Waals surface area (Å²) in [6.45, 7) is 0.474. The molecule has 68 valence electrons. The number of halogens is 3. The van der Waals surface area contributed by atoms with Crippen LogP contribution in [-0.2, 0) is 6.54 Å². The number of nitrogens with two attached hydrogens (primary N) is 1. The lowest BCUT2D eigenvalue weighted by Crippen LogP contribution is -2.18. The molecule has 3 nitrogen and oxygen atoms in total. The van der Waals surface area contributed by atoms with Gasteiger partial charge in [0.25, 0.3) is 0 Å². The van der Waals surface area contributed by atoms with Crippen LogP contribution < -0.4 is 5.73 Å². The minimum absolute atomic E-state index is 0.0623. The number of hydrogen-bond donors (Lipinski definition) is 1. The molecule has 1 aromatic rings. The van der Waals surface area contributed by atoms with Crippen LogP contribution in [0.5, 0.6) is 0 Å². The van der Waals surface area contributed by atoms with Crippen molar-refractivity contribution in [3.8, 4) is 0 Å². The molecule has 0 aromatic carbocycles. The van der Waals surface area contributed by atoms with Gasteiger partial charge in [0.1, 0.15) is 12.4 Å². The van der Waals surface area contributed by atoms with E-state index in [2.05, 4.69) is 4.98 Å². The summed E-state index contributed by atoms with van der Waals surface area (Å²) in [5.74, 6) is 0.0623. The standard InChI is InChI=1S/C6H8F3N3/c1-4-5(10)12(3-11-4)2-6(7,8)9/h3H,2,10H2,1H3. The molecule has 0 amide bonds. The van der Waals surface area contributed by atoms with Crippen molar-refractivity contribution in [3.05, 3.63) is 12.0 Å². The molecule has 0 saturated heterocycles. The maximum Gasteiger partial charge on any atom is 0.406 e. The summed E-state index contributed by atoms with van der Waals surface area (Å²) in [5.41, 5.74) is 5.73. The Balaban J connectivity index is 2.83. The maximum atomic E-state index is 11.8. The van der Waals surface area contributed by atoms with Crippen molar-refractivity contribution < 1.29 is 13.2 Å². The number of nitrogens with zero attached hydrogens (tertiary/aromatic N) is 2. The van der Waals surface area contributed by atoms with E-state index in [4.69, 9.17) is 5.73 Å². The summed E-state index contributed by atoms with van der Waals surface area (Å²) < 4.78 is 36.3. The van der Waals surface area contributed by atoms with Crippen LogP contribution in [0.2, 0.25) is 0 Å². The van der Waals surface area contributed by atoms with Gasteiger partial charge in [0.15, 0.2) is 0 Å². The highest BCUT2D eigenvalue weighted by Gasteiger charge is 2.28. The number of anilines is 1. The Morgan fingerprint density at radius 3 is 2.50 bits per heavy atom. The van der Waals surface area contributed by atoms with Crippen LogP contribution in [0.15, 0.2) is 6.33 Å². The van der Waals surface area contributed by atoms with Crippen molar-refractivity contribution in [2.45, 2.75) is 19.6 Å². The molecule has 0 aliphatic rings. The molecular weight excluding hydrogens is 171 g/mol. The zero-order chi connectivity index (χ0) is 9.35. The first-order valence-electron chi connectivity index (χ1n) is 3.24. The fourth-order valence-corrected chi connectivity index (χ4v) is 0.812. The molecule has 0 spiro atoms. The van der Waals surface area contributed by atoms with Crippen molar-refractivity contribution in [2.24, 2.45) is 0 Å². The Morgan fingerprint density at radius 1 is 1.58 bits per heavy atom. The molecule has 0 aliphatic carbocycles. The van der Waals surface area contributed by atoms with Crippen LogP contribution in [0, 0.1) is 6.92 Å². The van der Waals surface area contributed by atoms with Crippen molar-refractivity contribution in [3.63, 3.8) is 0 Å². The molecule has 2 N–H and O–H groups in total. The molecule has 0 atom stereocenters. The maximum absolute atomic E-state index is 11.8. The van der Waals surface area contributed by atoms with E-state index in [0.717, 1.165) is 10.9 Å². The average molecular weight is 179 g/mol. The smallest absolute Gasteiger partial charge is 0.384 e. The van der Waals surface area contributed by atoms with Gasteiger partial charge in [-0.3, -0.25) is 0 Å². The van der Waals surface area contributed by atoms with E-state index in [1.165, 1.54) is 0 Å². The average Bonchev–Trinajstić information content (AvgIpc) is 2.16. The van der Waals surface area contributed by atoms with Crippen molar-refractivity contribution in [1.29, 1.82) is 0 Å². The Bertz CT molecular complexity index is 276. The van der Waals surface area contributed by atoms with E-state index in [1.54, 1.807) is 6.92 Å². The van der Waals surface area contributed by atoms with Gasteiger partial charge in [-0.2, -0.15) is 13.2 Å². The molecule has 12 heavy (non-hydrogen) atoms. The van der Waals surface area contributed by atoms with Gasteiger partial charge in [0.2, 0.25) is 0 Å². The van der Waals surface area contributed by atoms with E-state index in [1.807, 2.05) is 0 Å². The number of rotatable bonds is 1. The quantitative estimate of drug-likeness (QED) is 0.706. The Hall–Kier alpha value is -1.20. The van der Waals surface area contributed by atoms with Crippen molar-refractivity contribution >= 4 is 5.82 Å². The van der Waals surface area contributed by atoms with Gasteiger partial charge in [-0.1, -0.05) is 0 Å². The summed E-state index contributed by atoms with van der Waals surface area (Å²) in [6, 6.07) is 0. The highest BCUT2D eigenvalue weighted by Crippen LogP contribution is 2.20. The zero-order valence-corrected chi connectivity index (χ0v) is 6.39. The minimum Gasteiger partial charge on any atom is -0.384 e. The molecule has 0 unspecified atom stereocenters. The SMILES string of the molecule is Cc1ncn(CC(F)(F)F)c1N. The minimum atomic E-state index is -4.25. The Morgan fingerprint density at radius 2 is 2.17 bits per heavy atom. The molecule has 0 bridgehead atoms. The fourth-order valence-electron chi connectivity index (χ4n) is 0.812. The predicted molar refractivity (Wildman–Crippen MR) is 37.4 cm³/mol. The number of alkyl halides is 3. The first-order chi connectivity index (χ1) is 5.40. The van der Waals surface area contributed by atoms with Crippen molar-refractivity contribution in [2.75, 3.05) is 5.73 Å². The molecule has 0 saturated carbocycles. The van der Waals surface area contributed by atoms with Gasteiger partial charge >= 0.3 is 6.18 Å². The van der Waals surface area contributed by atoms with E-state index in [9.17, 15) is 13.2 Å². The van der Waals surface area contributed by atoms with E-state index in [-0.39, 0.29) is 5.82 Å². The molecule has 1 aromatic heterocycles. The zero-order valence-electron chi connectivity index (χ0n) is 6.39. The summed E-state index contributed by atoms with van der Waals surface area (Å²) in [6.07, 6.45) is -3.17. The molecule has 0 fully saturated rings. The molecular formula is C6H8F3N3. The van der Waals surface area contributed by atoms with Crippen LogP contribution in [0.3, 0.4) is 0 Å². The van der Waals surface area contributed by atoms with Crippen LogP contribution >= 0.6 is 0 Å². The van der Waals surface area contributed by atoms with Crippen LogP contribution in [0.25, 0.3) is 0 Å². The molecule has 0 radical (unpaired) electrons. The largest absolute Gasteiger partial charge is 0.406 e. The third kappa shape index (κ3) is 1.90. The first-order valence-corrected chi connectivity index (χ1v) is 3.24. The third-order valence-electron chi connectivity index (χ3n) is 1.42. The lowest BCUT2D eigenvalue weighted by molar-refractivity contribution is -0.140. The monoisotopic (exact) mass is 179 g/mol. The molecule has 6 heteroatoms. The highest BCUT2D eigenvalue weighted by molar-refractivity contribution is 5.34. The van der Waals surface area contributed by atoms with Crippen LogP contribution in [-0.4, -0.2) is 15.7 Å². The second-order valence-electron chi connectivity index (χ2n) is 2.46. The van der Waals surface area contributed by atoms with E-state index >= 15 is 0 Å². The van der Waals surface area contributed by atoms with E-state index < -0.39 is 12.7 Å². The summed E-state index contributed by atoms with van der Waals surface area (Å²) in [7, 11) is 0. The topological polar surface area (TPSA) is 43.8 Å². The predicted octanol–water partition coefficient (Wildman–Crippen LogP) is 1.34. The van der Waals surface area contributed by atoms with E-state index in [0.29, 0.717) is 5.69 Å². The van der Waals surface area contributed by atoms with Gasteiger partial charge < -0.3 is 10.3 Å². The molecule has 1 rings (SSSR count). The Labute approximate surface area is 67.0 Å². The first kappa shape index (κ1) is 8.89. The van der Waals surface area contributed by atoms with Gasteiger partial charge in [-0.15, -0.1) is 0 Å². The number of aromatic nitrogens is 2. The van der Waals surface area contributed by atoms with Crippen molar-refractivity contribution in [1.82, 2.24) is 9.55 Å². The van der Waals surface area contributed by atoms with Crippen LogP contribution in [0.4, 0.5) is 19.0 Å². The number of imidazole rings is 1. The van der Waals surface area contributed by atoms with Gasteiger partial charge in [0, 0.05) is 0 Å². The number of hydrogen-bond acceptors (Lipinski definition) is 2. The lowest BCUT2D eigenvalue weighted by atomic mass is 10.5. The summed E-state index contributed by atoms with van der Waals surface area (Å²) in [5, 5.41) is 0. The Kier molecular flexibility index (Phi) is 1.99. The third-order valence-corrected chi connectivity index (χ3v) is 1.42. The van der Waals surface area contributed by atoms with Gasteiger partial charge in [-0.05, 0) is 6.92 Å². The summed E-state index contributed by atoms with van der Waals surface area (Å²) in [4.78, 5) is 3.64.